The number of carbonyl (C=O) groups excluding carboxylic acids is 2. The summed E-state index contributed by atoms with van der Waals surface area (Å²) in [4.78, 5) is 30.0. The largest absolute Gasteiger partial charge is 0.487 e. The predicted molar refractivity (Wildman–Crippen MR) is 243 cm³/mol. The molecule has 2 aliphatic carbocycles. The van der Waals surface area contributed by atoms with Crippen LogP contribution in [0.25, 0.3) is 0 Å². The fraction of sp³-hybridized carbons (Fsp3) is 0.600. The lowest BCUT2D eigenvalue weighted by Gasteiger charge is -2.43. The Bertz CT molecular complexity index is 1840. The molecule has 2 N–H and O–H groups in total. The van der Waals surface area contributed by atoms with Gasteiger partial charge in [0.25, 0.3) is 0 Å². The highest BCUT2D eigenvalue weighted by atomic mass is 16.6. The van der Waals surface area contributed by atoms with Crippen LogP contribution < -0.4 is 29.6 Å². The monoisotopic (exact) mass is 888 g/mol. The highest BCUT2D eigenvalue weighted by molar-refractivity contribution is 6.02. The molecule has 14 heteroatoms. The van der Waals surface area contributed by atoms with Crippen LogP contribution in [0.3, 0.4) is 0 Å². The number of nitrogens with one attached hydrogen (secondary N) is 2. The van der Waals surface area contributed by atoms with Crippen molar-refractivity contribution in [2.24, 2.45) is 0 Å². The fourth-order valence-electron chi connectivity index (χ4n) is 9.57. The summed E-state index contributed by atoms with van der Waals surface area (Å²) in [6.45, 7) is 11.0. The number of hydrogen-bond donors (Lipinski definition) is 2. The minimum Gasteiger partial charge on any atom is -0.487 e. The number of hydrogen-bond acceptors (Lipinski definition) is 12. The summed E-state index contributed by atoms with van der Waals surface area (Å²) < 4.78 is 58.2. The maximum absolute atomic E-state index is 15.0. The normalized spacial score (nSPS) is 23.0. The highest BCUT2D eigenvalue weighted by Gasteiger charge is 2.47. The Hall–Kier alpha value is -4.44. The van der Waals surface area contributed by atoms with Crippen LogP contribution in [0.1, 0.15) is 87.5 Å². The molecule has 3 aromatic rings. The van der Waals surface area contributed by atoms with Crippen LogP contribution in [0.2, 0.25) is 0 Å². The van der Waals surface area contributed by atoms with E-state index in [1.54, 1.807) is 0 Å². The van der Waals surface area contributed by atoms with Gasteiger partial charge < -0.3 is 58.0 Å². The minimum atomic E-state index is -0.791. The lowest BCUT2D eigenvalue weighted by atomic mass is 9.61. The molecule has 0 saturated carbocycles. The molecule has 2 aliphatic heterocycles. The zero-order valence-electron chi connectivity index (χ0n) is 37.9. The van der Waals surface area contributed by atoms with Gasteiger partial charge in [0.05, 0.1) is 90.1 Å². The fourth-order valence-corrected chi connectivity index (χ4v) is 9.57. The van der Waals surface area contributed by atoms with E-state index in [0.717, 1.165) is 49.7 Å². The van der Waals surface area contributed by atoms with Gasteiger partial charge >= 0.3 is 0 Å². The molecule has 0 spiro atoms. The zero-order chi connectivity index (χ0) is 44.5. The highest BCUT2D eigenvalue weighted by Crippen LogP contribution is 2.49. The van der Waals surface area contributed by atoms with E-state index in [1.165, 1.54) is 11.1 Å². The van der Waals surface area contributed by atoms with Crippen molar-refractivity contribution in [1.29, 1.82) is 0 Å². The Kier molecular flexibility index (Phi) is 18.0. The first-order valence-electron chi connectivity index (χ1n) is 23.5. The van der Waals surface area contributed by atoms with Gasteiger partial charge in [-0.3, -0.25) is 9.59 Å². The van der Waals surface area contributed by atoms with Gasteiger partial charge in [0.1, 0.15) is 26.4 Å². The third kappa shape index (κ3) is 12.1. The maximum atomic E-state index is 15.0. The summed E-state index contributed by atoms with van der Waals surface area (Å²) in [5.74, 6) is 2.06. The average molecular weight is 889 g/mol. The van der Waals surface area contributed by atoms with E-state index in [9.17, 15) is 9.59 Å². The van der Waals surface area contributed by atoms with E-state index < -0.39 is 10.8 Å². The predicted octanol–water partition coefficient (Wildman–Crippen LogP) is 7.35. The van der Waals surface area contributed by atoms with Crippen LogP contribution in [0.4, 0.5) is 11.4 Å². The van der Waals surface area contributed by atoms with E-state index in [-0.39, 0.29) is 11.8 Å². The first-order chi connectivity index (χ1) is 31.5. The molecule has 0 unspecified atom stereocenters. The lowest BCUT2D eigenvalue weighted by Crippen LogP contribution is -2.46. The third-order valence-electron chi connectivity index (χ3n) is 12.5. The van der Waals surface area contributed by atoms with E-state index in [4.69, 9.17) is 47.4 Å². The third-order valence-corrected chi connectivity index (χ3v) is 12.5. The van der Waals surface area contributed by atoms with Crippen molar-refractivity contribution in [1.82, 2.24) is 0 Å². The summed E-state index contributed by atoms with van der Waals surface area (Å²) in [6.07, 6.45) is 7.95. The number of carbonyl (C=O) groups is 2. The van der Waals surface area contributed by atoms with Crippen molar-refractivity contribution in [2.45, 2.75) is 88.9 Å². The Morgan fingerprint density at radius 2 is 0.797 bits per heavy atom. The van der Waals surface area contributed by atoms with Crippen molar-refractivity contribution in [3.63, 3.8) is 0 Å². The van der Waals surface area contributed by atoms with Crippen LogP contribution in [-0.4, -0.2) is 118 Å². The second kappa shape index (κ2) is 24.2. The molecule has 7 rings (SSSR count). The SMILES string of the molecule is CCC[C@@]1(C(=O)Nc2ccc3c(c2)OCCOCCOCCOCCO3)CCCc2cc3c(cc21)[C@@](CCC)(C(=O)Nc1ccc2c(c1)OCCOCCOCCOCCO2)CCC3. The van der Waals surface area contributed by atoms with Gasteiger partial charge in [-0.05, 0) is 97.9 Å². The van der Waals surface area contributed by atoms with Crippen LogP contribution in [0, 0.1) is 0 Å². The van der Waals surface area contributed by atoms with Crippen molar-refractivity contribution >= 4 is 23.2 Å². The average Bonchev–Trinajstić information content (AvgIpc) is 3.31. The van der Waals surface area contributed by atoms with E-state index in [1.807, 2.05) is 36.4 Å². The van der Waals surface area contributed by atoms with E-state index in [0.29, 0.717) is 166 Å². The number of benzene rings is 3. The molecule has 14 nitrogen and oxygen atoms in total. The molecule has 350 valence electrons. The second-order valence-corrected chi connectivity index (χ2v) is 16.8. The van der Waals surface area contributed by atoms with Crippen molar-refractivity contribution in [3.8, 4) is 23.0 Å². The smallest absolute Gasteiger partial charge is 0.235 e. The summed E-state index contributed by atoms with van der Waals surface area (Å²) >= 11 is 0. The minimum absolute atomic E-state index is 0.0563. The quantitative estimate of drug-likeness (QED) is 0.233. The molecular weight excluding hydrogens is 821 g/mol. The second-order valence-electron chi connectivity index (χ2n) is 16.8. The molecule has 2 atom stereocenters. The van der Waals surface area contributed by atoms with Crippen molar-refractivity contribution in [3.05, 3.63) is 70.8 Å². The standard InChI is InChI=1S/C50H68N2O12/c1-3-13-49(47(53)51-39-9-11-43-45(34-39)63-31-27-59-23-19-55-17-21-57-25-29-61-43)15-5-7-37-33-38-8-6-16-50(14-4-2,42(38)36-41(37)49)48(54)52-40-10-12-44-46(35-40)64-32-28-60-24-20-56-18-22-58-26-30-62-44/h9-12,33-36H,3-8,13-32H2,1-2H3,(H,51,53)(H,52,54)/t49-,50+. The summed E-state index contributed by atoms with van der Waals surface area (Å²) in [5.41, 5.74) is 4.13. The molecule has 2 amide bonds. The van der Waals surface area contributed by atoms with Gasteiger partial charge in [0, 0.05) is 23.5 Å². The van der Waals surface area contributed by atoms with Gasteiger partial charge in [-0.1, -0.05) is 38.8 Å². The molecule has 3 aromatic carbocycles. The molecule has 64 heavy (non-hydrogen) atoms. The molecule has 0 fully saturated rings. The molecule has 0 radical (unpaired) electrons. The lowest BCUT2D eigenvalue weighted by molar-refractivity contribution is -0.123. The van der Waals surface area contributed by atoms with Crippen molar-refractivity contribution in [2.75, 3.05) is 116 Å². The van der Waals surface area contributed by atoms with Crippen LogP contribution in [0.15, 0.2) is 48.5 Å². The number of anilines is 2. The van der Waals surface area contributed by atoms with Gasteiger partial charge in [0.2, 0.25) is 11.8 Å². The molecular formula is C50H68N2O12. The Balaban J connectivity index is 1.15. The number of ether oxygens (including phenoxy) is 10. The molecule has 0 aromatic heterocycles. The Morgan fingerprint density at radius 3 is 1.16 bits per heavy atom. The van der Waals surface area contributed by atoms with Gasteiger partial charge in [-0.15, -0.1) is 0 Å². The number of rotatable bonds is 8. The number of fused-ring (bicyclic) bond motifs is 4. The maximum Gasteiger partial charge on any atom is 0.235 e. The summed E-state index contributed by atoms with van der Waals surface area (Å²) in [6, 6.07) is 15.6. The van der Waals surface area contributed by atoms with Crippen molar-refractivity contribution < 1.29 is 57.0 Å². The van der Waals surface area contributed by atoms with Crippen LogP contribution in [-0.2, 0) is 61.7 Å². The molecule has 2 heterocycles. The molecule has 0 bridgehead atoms. The summed E-state index contributed by atoms with van der Waals surface area (Å²) in [7, 11) is 0. The Morgan fingerprint density at radius 1 is 0.453 bits per heavy atom. The van der Waals surface area contributed by atoms with Gasteiger partial charge in [-0.25, -0.2) is 0 Å². The van der Waals surface area contributed by atoms with Crippen LogP contribution >= 0.6 is 0 Å². The summed E-state index contributed by atoms with van der Waals surface area (Å²) in [5, 5.41) is 6.62. The molecule has 0 saturated heterocycles. The molecule has 4 aliphatic rings. The van der Waals surface area contributed by atoms with E-state index >= 15 is 0 Å². The zero-order valence-corrected chi connectivity index (χ0v) is 37.9. The Labute approximate surface area is 378 Å². The number of aryl methyl sites for hydroxylation is 2. The number of amides is 2. The van der Waals surface area contributed by atoms with E-state index in [2.05, 4.69) is 36.6 Å². The van der Waals surface area contributed by atoms with Gasteiger partial charge in [0.15, 0.2) is 23.0 Å². The van der Waals surface area contributed by atoms with Crippen LogP contribution in [0.5, 0.6) is 23.0 Å². The first kappa shape index (κ1) is 47.5. The first-order valence-corrected chi connectivity index (χ1v) is 23.5. The topological polar surface area (TPSA) is 150 Å². The van der Waals surface area contributed by atoms with Gasteiger partial charge in [-0.2, -0.15) is 0 Å².